The first-order valence-electron chi connectivity index (χ1n) is 1.94. The molecule has 3 heteroatoms. The smallest absolute Gasteiger partial charge is 0.128 e. The zero-order chi connectivity index (χ0) is 5.21. The summed E-state index contributed by atoms with van der Waals surface area (Å²) in [5.41, 5.74) is 0. The summed E-state index contributed by atoms with van der Waals surface area (Å²) in [6.07, 6.45) is 0. The summed E-state index contributed by atoms with van der Waals surface area (Å²) >= 11 is 3.18. The van der Waals surface area contributed by atoms with E-state index < -0.39 is 8.24 Å². The van der Waals surface area contributed by atoms with Crippen molar-refractivity contribution in [3.63, 3.8) is 0 Å². The van der Waals surface area contributed by atoms with Crippen LogP contribution in [0.5, 0.6) is 0 Å². The maximum atomic E-state index is 3.18. The molecule has 0 aromatic rings. The molecule has 0 fully saturated rings. The van der Waals surface area contributed by atoms with Crippen LogP contribution in [0, 0.1) is 0 Å². The molecule has 0 spiro atoms. The average molecular weight is 168 g/mol. The van der Waals surface area contributed by atoms with E-state index in [0.717, 1.165) is 0 Å². The summed E-state index contributed by atoms with van der Waals surface area (Å²) in [5, 5.41) is 0. The molecule has 38 valence electrons. The van der Waals surface area contributed by atoms with Gasteiger partial charge in [0.2, 0.25) is 0 Å². The molecule has 0 aliphatic heterocycles. The van der Waals surface area contributed by atoms with Gasteiger partial charge in [-0.3, -0.25) is 4.01 Å². The van der Waals surface area contributed by atoms with Crippen LogP contribution in [0.2, 0.25) is 19.6 Å². The molecule has 0 amide bonds. The van der Waals surface area contributed by atoms with Gasteiger partial charge >= 0.3 is 0 Å². The van der Waals surface area contributed by atoms with Gasteiger partial charge in [0.05, 0.1) is 0 Å². The Morgan fingerprint density at radius 2 is 1.50 bits per heavy atom. The van der Waals surface area contributed by atoms with Crippen LogP contribution in [0.25, 0.3) is 0 Å². The summed E-state index contributed by atoms with van der Waals surface area (Å²) in [7, 11) is -0.965. The Labute approximate surface area is 48.6 Å². The molecule has 0 bridgehead atoms. The second kappa shape index (κ2) is 2.09. The minimum Gasteiger partial charge on any atom is -0.277 e. The standard InChI is InChI=1S/C3H10BrNSi/c1-6(2,3)5-4/h5H,1-3H3. The maximum Gasteiger partial charge on any atom is 0.128 e. The van der Waals surface area contributed by atoms with E-state index >= 15 is 0 Å². The molecule has 0 aromatic carbocycles. The predicted octanol–water partition coefficient (Wildman–Crippen LogP) is 1.72. The van der Waals surface area contributed by atoms with E-state index in [-0.39, 0.29) is 0 Å². The van der Waals surface area contributed by atoms with Gasteiger partial charge in [0, 0.05) is 16.1 Å². The normalized spacial score (nSPS) is 12.0. The number of rotatable bonds is 1. The maximum absolute atomic E-state index is 3.18. The predicted molar refractivity (Wildman–Crippen MR) is 35.4 cm³/mol. The lowest BCUT2D eigenvalue weighted by atomic mass is 11.8. The molecule has 0 atom stereocenters. The third-order valence-electron chi connectivity index (χ3n) is 0.283. The lowest BCUT2D eigenvalue weighted by Gasteiger charge is -2.09. The highest BCUT2D eigenvalue weighted by Crippen LogP contribution is 1.94. The van der Waals surface area contributed by atoms with Crippen molar-refractivity contribution < 1.29 is 0 Å². The number of hydrogen-bond acceptors (Lipinski definition) is 1. The van der Waals surface area contributed by atoms with Crippen molar-refractivity contribution in [2.24, 2.45) is 0 Å². The Morgan fingerprint density at radius 3 is 1.50 bits per heavy atom. The second-order valence-corrected chi connectivity index (χ2v) is 8.22. The van der Waals surface area contributed by atoms with Crippen LogP contribution in [0.3, 0.4) is 0 Å². The van der Waals surface area contributed by atoms with Gasteiger partial charge in [-0.1, -0.05) is 19.6 Å². The van der Waals surface area contributed by atoms with Crippen LogP contribution >= 0.6 is 16.1 Å². The van der Waals surface area contributed by atoms with E-state index in [9.17, 15) is 0 Å². The number of hydrogen-bond donors (Lipinski definition) is 1. The van der Waals surface area contributed by atoms with Gasteiger partial charge in [-0.15, -0.1) is 0 Å². The van der Waals surface area contributed by atoms with E-state index in [2.05, 4.69) is 39.8 Å². The van der Waals surface area contributed by atoms with Crippen molar-refractivity contribution in [1.29, 1.82) is 0 Å². The second-order valence-electron chi connectivity index (χ2n) is 2.34. The number of halogens is 1. The fourth-order valence-corrected chi connectivity index (χ4v) is 0. The zero-order valence-corrected chi connectivity index (χ0v) is 6.96. The van der Waals surface area contributed by atoms with Crippen molar-refractivity contribution >= 4 is 24.4 Å². The Morgan fingerprint density at radius 1 is 1.33 bits per heavy atom. The van der Waals surface area contributed by atoms with Gasteiger partial charge in [0.15, 0.2) is 0 Å². The third kappa shape index (κ3) is 4.66. The molecule has 0 rings (SSSR count). The van der Waals surface area contributed by atoms with Crippen LogP contribution in [-0.4, -0.2) is 8.24 Å². The summed E-state index contributed by atoms with van der Waals surface area (Å²) in [4.78, 5) is 0. The van der Waals surface area contributed by atoms with E-state index in [1.54, 1.807) is 0 Å². The molecule has 0 aliphatic rings. The highest BCUT2D eigenvalue weighted by molar-refractivity contribution is 9.08. The van der Waals surface area contributed by atoms with Crippen molar-refractivity contribution in [2.45, 2.75) is 19.6 Å². The SMILES string of the molecule is C[Si](C)(C)NBr. The summed E-state index contributed by atoms with van der Waals surface area (Å²) in [6, 6.07) is 0. The largest absolute Gasteiger partial charge is 0.277 e. The number of nitrogens with one attached hydrogen (secondary N) is 1. The lowest BCUT2D eigenvalue weighted by Crippen LogP contribution is -2.33. The summed E-state index contributed by atoms with van der Waals surface area (Å²) < 4.78 is 3.06. The summed E-state index contributed by atoms with van der Waals surface area (Å²) in [5.74, 6) is 0. The minimum absolute atomic E-state index is 0.965. The molecule has 6 heavy (non-hydrogen) atoms. The first-order valence-corrected chi connectivity index (χ1v) is 6.23. The van der Waals surface area contributed by atoms with Crippen LogP contribution in [0.15, 0.2) is 0 Å². The molecule has 0 saturated heterocycles. The Hall–Kier alpha value is 0.657. The van der Waals surface area contributed by atoms with Gasteiger partial charge in [0.1, 0.15) is 8.24 Å². The molecule has 0 aliphatic carbocycles. The minimum atomic E-state index is -0.965. The van der Waals surface area contributed by atoms with Crippen molar-refractivity contribution in [1.82, 2.24) is 4.01 Å². The van der Waals surface area contributed by atoms with Crippen molar-refractivity contribution in [3.8, 4) is 0 Å². The Bertz CT molecular complexity index is 40.5. The summed E-state index contributed by atoms with van der Waals surface area (Å²) in [6.45, 7) is 6.67. The highest BCUT2D eigenvalue weighted by Gasteiger charge is 2.07. The van der Waals surface area contributed by atoms with Crippen LogP contribution < -0.4 is 4.01 Å². The first-order chi connectivity index (χ1) is 2.56. The molecule has 0 unspecified atom stereocenters. The van der Waals surface area contributed by atoms with Crippen LogP contribution in [-0.2, 0) is 0 Å². The lowest BCUT2D eigenvalue weighted by molar-refractivity contribution is 1.48. The quantitative estimate of drug-likeness (QED) is 0.464. The topological polar surface area (TPSA) is 12.0 Å². The molecule has 1 nitrogen and oxygen atoms in total. The van der Waals surface area contributed by atoms with E-state index in [4.69, 9.17) is 0 Å². The first kappa shape index (κ1) is 6.66. The molecule has 0 aromatic heterocycles. The van der Waals surface area contributed by atoms with Crippen LogP contribution in [0.1, 0.15) is 0 Å². The van der Waals surface area contributed by atoms with Gasteiger partial charge in [-0.2, -0.15) is 0 Å². The third-order valence-corrected chi connectivity index (χ3v) is 4.42. The zero-order valence-electron chi connectivity index (χ0n) is 4.38. The molecule has 0 saturated carbocycles. The molecule has 0 radical (unpaired) electrons. The van der Waals surface area contributed by atoms with Gasteiger partial charge in [0.25, 0.3) is 0 Å². The van der Waals surface area contributed by atoms with E-state index in [1.165, 1.54) is 0 Å². The molecular formula is C3H10BrNSi. The highest BCUT2D eigenvalue weighted by atomic mass is 79.9. The Balaban J connectivity index is 3.17. The Kier molecular flexibility index (Phi) is 2.32. The van der Waals surface area contributed by atoms with Crippen molar-refractivity contribution in [2.75, 3.05) is 0 Å². The van der Waals surface area contributed by atoms with Gasteiger partial charge in [-0.05, 0) is 0 Å². The monoisotopic (exact) mass is 167 g/mol. The van der Waals surface area contributed by atoms with E-state index in [0.29, 0.717) is 0 Å². The van der Waals surface area contributed by atoms with Crippen molar-refractivity contribution in [3.05, 3.63) is 0 Å². The fraction of sp³-hybridized carbons (Fsp3) is 1.00. The van der Waals surface area contributed by atoms with E-state index in [1.807, 2.05) is 0 Å². The molecule has 1 N–H and O–H groups in total. The van der Waals surface area contributed by atoms with Gasteiger partial charge < -0.3 is 0 Å². The van der Waals surface area contributed by atoms with Gasteiger partial charge in [-0.25, -0.2) is 0 Å². The fourth-order valence-electron chi connectivity index (χ4n) is 0. The molecular weight excluding hydrogens is 158 g/mol. The average Bonchev–Trinajstić information content (AvgIpc) is 1.35. The van der Waals surface area contributed by atoms with Crippen LogP contribution in [0.4, 0.5) is 0 Å². The molecule has 0 heterocycles.